The fourth-order valence-corrected chi connectivity index (χ4v) is 2.75. The first-order valence-electron chi connectivity index (χ1n) is 6.92. The second-order valence-corrected chi connectivity index (χ2v) is 6.02. The highest BCUT2D eigenvalue weighted by molar-refractivity contribution is 6.20. The highest BCUT2D eigenvalue weighted by atomic mass is 35.5. The Morgan fingerprint density at radius 3 is 2.67 bits per heavy atom. The molecule has 0 spiro atoms. The molecule has 0 amide bonds. The molecule has 3 aromatic rings. The number of rotatable bonds is 3. The van der Waals surface area contributed by atoms with Crippen molar-refractivity contribution in [3.05, 3.63) is 41.1 Å². The van der Waals surface area contributed by atoms with Crippen LogP contribution in [0.3, 0.4) is 0 Å². The normalized spacial score (nSPS) is 13.0. The molecule has 0 aliphatic heterocycles. The van der Waals surface area contributed by atoms with Crippen molar-refractivity contribution in [2.45, 2.75) is 32.7 Å². The topological polar surface area (TPSA) is 48.5 Å². The zero-order chi connectivity index (χ0) is 15.1. The summed E-state index contributed by atoms with van der Waals surface area (Å²) in [6.07, 6.45) is 1.90. The predicted octanol–water partition coefficient (Wildman–Crippen LogP) is 3.13. The molecule has 21 heavy (non-hydrogen) atoms. The van der Waals surface area contributed by atoms with E-state index in [9.17, 15) is 0 Å². The van der Waals surface area contributed by atoms with E-state index in [4.69, 9.17) is 11.6 Å². The van der Waals surface area contributed by atoms with Crippen LogP contribution < -0.4 is 0 Å². The molecule has 0 aromatic carbocycles. The van der Waals surface area contributed by atoms with Gasteiger partial charge in [-0.1, -0.05) is 6.07 Å². The van der Waals surface area contributed by atoms with Gasteiger partial charge in [-0.05, 0) is 32.4 Å². The third-order valence-corrected chi connectivity index (χ3v) is 3.78. The summed E-state index contributed by atoms with van der Waals surface area (Å²) in [6.45, 7) is 6.58. The first kappa shape index (κ1) is 14.1. The molecule has 0 aliphatic rings. The minimum absolute atomic E-state index is 0.157. The van der Waals surface area contributed by atoms with Gasteiger partial charge in [-0.2, -0.15) is 5.10 Å². The van der Waals surface area contributed by atoms with Gasteiger partial charge >= 0.3 is 0 Å². The highest BCUT2D eigenvalue weighted by Gasteiger charge is 2.20. The molecule has 3 aromatic heterocycles. The van der Waals surface area contributed by atoms with Gasteiger partial charge in [0.05, 0.1) is 17.6 Å². The van der Waals surface area contributed by atoms with Gasteiger partial charge < -0.3 is 4.57 Å². The van der Waals surface area contributed by atoms with E-state index in [2.05, 4.69) is 25.7 Å². The summed E-state index contributed by atoms with van der Waals surface area (Å²) >= 11 is 6.30. The molecule has 3 rings (SSSR count). The molecule has 1 unspecified atom stereocenters. The molecule has 6 heteroatoms. The van der Waals surface area contributed by atoms with Gasteiger partial charge in [0, 0.05) is 18.9 Å². The molecule has 1 atom stereocenters. The van der Waals surface area contributed by atoms with Gasteiger partial charge in [-0.25, -0.2) is 4.98 Å². The van der Waals surface area contributed by atoms with E-state index in [1.54, 1.807) is 0 Å². The average Bonchev–Trinajstić information content (AvgIpc) is 2.93. The van der Waals surface area contributed by atoms with Gasteiger partial charge in [0.15, 0.2) is 5.65 Å². The molecule has 110 valence electrons. The van der Waals surface area contributed by atoms with Crippen LogP contribution in [-0.2, 0) is 13.6 Å². The molecular weight excluding hydrogens is 286 g/mol. The number of hydrogen-bond acceptors (Lipinski definition) is 3. The summed E-state index contributed by atoms with van der Waals surface area (Å²) in [7, 11) is 1.93. The monoisotopic (exact) mass is 303 g/mol. The summed E-state index contributed by atoms with van der Waals surface area (Å²) in [5.74, 6) is 0.864. The fraction of sp³-hybridized carbons (Fsp3) is 0.400. The molecule has 3 heterocycles. The number of halogens is 1. The largest absolute Gasteiger partial charge is 0.307 e. The maximum atomic E-state index is 6.30. The maximum Gasteiger partial charge on any atom is 0.159 e. The number of imidazole rings is 1. The second kappa shape index (κ2) is 5.15. The van der Waals surface area contributed by atoms with Crippen LogP contribution in [0.1, 0.15) is 35.1 Å². The Balaban J connectivity index is 2.14. The van der Waals surface area contributed by atoms with Crippen LogP contribution in [0.25, 0.3) is 11.2 Å². The lowest BCUT2D eigenvalue weighted by molar-refractivity contribution is 0.685. The van der Waals surface area contributed by atoms with Gasteiger partial charge in [-0.15, -0.1) is 11.6 Å². The van der Waals surface area contributed by atoms with E-state index in [0.29, 0.717) is 6.54 Å². The van der Waals surface area contributed by atoms with Crippen molar-refractivity contribution in [1.29, 1.82) is 0 Å². The molecule has 0 saturated carbocycles. The van der Waals surface area contributed by atoms with E-state index in [1.807, 2.05) is 44.8 Å². The van der Waals surface area contributed by atoms with Crippen molar-refractivity contribution in [3.63, 3.8) is 0 Å². The molecule has 5 nitrogen and oxygen atoms in total. The number of pyridine rings is 1. The SMILES string of the molecule is Cc1ccc(Cn2c(C(C)Cl)nc3c(C)nn(C)c32)cn1. The van der Waals surface area contributed by atoms with Crippen molar-refractivity contribution in [3.8, 4) is 0 Å². The number of aryl methyl sites for hydroxylation is 3. The van der Waals surface area contributed by atoms with Gasteiger partial charge in [-0.3, -0.25) is 9.67 Å². The highest BCUT2D eigenvalue weighted by Crippen LogP contribution is 2.26. The molecule has 0 saturated heterocycles. The summed E-state index contributed by atoms with van der Waals surface area (Å²) in [5, 5.41) is 4.28. The van der Waals surface area contributed by atoms with Crippen molar-refractivity contribution in [2.24, 2.45) is 7.05 Å². The van der Waals surface area contributed by atoms with Crippen molar-refractivity contribution in [1.82, 2.24) is 24.3 Å². The molecule has 0 radical (unpaired) electrons. The Labute approximate surface area is 128 Å². The first-order valence-corrected chi connectivity index (χ1v) is 7.36. The predicted molar refractivity (Wildman–Crippen MR) is 83.6 cm³/mol. The third-order valence-electron chi connectivity index (χ3n) is 3.59. The fourth-order valence-electron chi connectivity index (χ4n) is 2.59. The number of alkyl halides is 1. The van der Waals surface area contributed by atoms with Crippen LogP contribution in [0.4, 0.5) is 0 Å². The molecule has 0 aliphatic carbocycles. The van der Waals surface area contributed by atoms with Crippen LogP contribution in [0, 0.1) is 13.8 Å². The average molecular weight is 304 g/mol. The van der Waals surface area contributed by atoms with Crippen molar-refractivity contribution < 1.29 is 0 Å². The van der Waals surface area contributed by atoms with Crippen LogP contribution in [-0.4, -0.2) is 24.3 Å². The van der Waals surface area contributed by atoms with Crippen LogP contribution in [0.15, 0.2) is 18.3 Å². The van der Waals surface area contributed by atoms with Crippen LogP contribution in [0.2, 0.25) is 0 Å². The molecule has 0 N–H and O–H groups in total. The van der Waals surface area contributed by atoms with Crippen molar-refractivity contribution in [2.75, 3.05) is 0 Å². The smallest absolute Gasteiger partial charge is 0.159 e. The second-order valence-electron chi connectivity index (χ2n) is 5.36. The molecule has 0 bridgehead atoms. The molecular formula is C15H18ClN5. The van der Waals surface area contributed by atoms with Gasteiger partial charge in [0.25, 0.3) is 0 Å². The summed E-state index contributed by atoms with van der Waals surface area (Å²) in [4.78, 5) is 9.03. The van der Waals surface area contributed by atoms with Gasteiger partial charge in [0.2, 0.25) is 0 Å². The Morgan fingerprint density at radius 1 is 1.29 bits per heavy atom. The van der Waals surface area contributed by atoms with E-state index >= 15 is 0 Å². The van der Waals surface area contributed by atoms with E-state index in [1.165, 1.54) is 0 Å². The minimum Gasteiger partial charge on any atom is -0.307 e. The standard InChI is InChI=1S/C15H18ClN5/c1-9-5-6-12(7-17-9)8-21-14(10(2)16)18-13-11(3)19-20(4)15(13)21/h5-7,10H,8H2,1-4H3. The summed E-state index contributed by atoms with van der Waals surface area (Å²) < 4.78 is 3.99. The zero-order valence-electron chi connectivity index (χ0n) is 12.6. The summed E-state index contributed by atoms with van der Waals surface area (Å²) in [5.41, 5.74) is 4.97. The van der Waals surface area contributed by atoms with Crippen molar-refractivity contribution >= 4 is 22.8 Å². The molecule has 0 fully saturated rings. The number of aromatic nitrogens is 5. The van der Waals surface area contributed by atoms with Crippen LogP contribution >= 0.6 is 11.6 Å². The Hall–Kier alpha value is -1.88. The van der Waals surface area contributed by atoms with Crippen LogP contribution in [0.5, 0.6) is 0 Å². The first-order chi connectivity index (χ1) is 9.97. The number of hydrogen-bond donors (Lipinski definition) is 0. The Morgan fingerprint density at radius 2 is 2.05 bits per heavy atom. The quantitative estimate of drug-likeness (QED) is 0.698. The van der Waals surface area contributed by atoms with Gasteiger partial charge in [0.1, 0.15) is 11.3 Å². The minimum atomic E-state index is -0.157. The lowest BCUT2D eigenvalue weighted by Crippen LogP contribution is -2.09. The zero-order valence-corrected chi connectivity index (χ0v) is 13.4. The number of fused-ring (bicyclic) bond motifs is 1. The van der Waals surface area contributed by atoms with E-state index < -0.39 is 0 Å². The third kappa shape index (κ3) is 2.42. The summed E-state index contributed by atoms with van der Waals surface area (Å²) in [6, 6.07) is 4.10. The Bertz CT molecular complexity index is 783. The van der Waals surface area contributed by atoms with E-state index in [-0.39, 0.29) is 5.38 Å². The lowest BCUT2D eigenvalue weighted by Gasteiger charge is -2.11. The number of nitrogens with zero attached hydrogens (tertiary/aromatic N) is 5. The van der Waals surface area contributed by atoms with E-state index in [0.717, 1.165) is 33.9 Å². The Kier molecular flexibility index (Phi) is 3.45. The maximum absolute atomic E-state index is 6.30. The lowest BCUT2D eigenvalue weighted by atomic mass is 10.2.